The summed E-state index contributed by atoms with van der Waals surface area (Å²) in [5, 5.41) is 2.23. The van der Waals surface area contributed by atoms with Gasteiger partial charge in [0.15, 0.2) is 11.5 Å². The molecule has 0 atom stereocenters. The summed E-state index contributed by atoms with van der Waals surface area (Å²) < 4.78 is 17.7. The highest BCUT2D eigenvalue weighted by Gasteiger charge is 2.37. The summed E-state index contributed by atoms with van der Waals surface area (Å²) in [5.74, 6) is 0.200. The fraction of sp³-hybridized carbons (Fsp3) is 0.125. The van der Waals surface area contributed by atoms with Gasteiger partial charge in [0.1, 0.15) is 11.3 Å². The SMILES string of the molecule is COc1ccc(-n2cc(/C=C3/C(=O)NC(=O)N(c4ccc5c(c4)OCO5)C3=O)cc2C)cc1. The van der Waals surface area contributed by atoms with Crippen molar-refractivity contribution in [2.45, 2.75) is 6.92 Å². The van der Waals surface area contributed by atoms with Crippen molar-refractivity contribution in [3.8, 4) is 22.9 Å². The average molecular weight is 445 g/mol. The number of amides is 4. The highest BCUT2D eigenvalue weighted by atomic mass is 16.7. The summed E-state index contributed by atoms with van der Waals surface area (Å²) in [6.45, 7) is 1.98. The van der Waals surface area contributed by atoms with E-state index in [0.29, 0.717) is 17.1 Å². The molecule has 3 aromatic rings. The minimum Gasteiger partial charge on any atom is -0.497 e. The van der Waals surface area contributed by atoms with E-state index in [9.17, 15) is 14.4 Å². The summed E-state index contributed by atoms with van der Waals surface area (Å²) in [7, 11) is 1.60. The third-order valence-corrected chi connectivity index (χ3v) is 5.41. The van der Waals surface area contributed by atoms with Crippen molar-refractivity contribution in [2.24, 2.45) is 0 Å². The Morgan fingerprint density at radius 3 is 2.45 bits per heavy atom. The number of benzene rings is 2. The molecule has 1 saturated heterocycles. The van der Waals surface area contributed by atoms with E-state index in [1.54, 1.807) is 19.2 Å². The lowest BCUT2D eigenvalue weighted by molar-refractivity contribution is -0.122. The largest absolute Gasteiger partial charge is 0.497 e. The first-order chi connectivity index (χ1) is 15.9. The normalized spacial score (nSPS) is 16.4. The Labute approximate surface area is 188 Å². The van der Waals surface area contributed by atoms with Crippen LogP contribution >= 0.6 is 0 Å². The van der Waals surface area contributed by atoms with Gasteiger partial charge in [0.25, 0.3) is 11.8 Å². The predicted octanol–water partition coefficient (Wildman–Crippen LogP) is 3.19. The van der Waals surface area contributed by atoms with Crippen LogP contribution in [0.3, 0.4) is 0 Å². The average Bonchev–Trinajstić information content (AvgIpc) is 3.42. The minimum atomic E-state index is -0.826. The van der Waals surface area contributed by atoms with Crippen LogP contribution in [0.25, 0.3) is 11.8 Å². The van der Waals surface area contributed by atoms with Crippen molar-refractivity contribution in [3.63, 3.8) is 0 Å². The zero-order valence-corrected chi connectivity index (χ0v) is 17.8. The number of anilines is 1. The van der Waals surface area contributed by atoms with Crippen LogP contribution in [0, 0.1) is 6.92 Å². The van der Waals surface area contributed by atoms with Gasteiger partial charge in [-0.3, -0.25) is 14.9 Å². The number of barbiturate groups is 1. The van der Waals surface area contributed by atoms with Crippen LogP contribution in [0.15, 0.2) is 60.3 Å². The molecule has 9 heteroatoms. The molecule has 2 aliphatic heterocycles. The number of carbonyl (C=O) groups excluding carboxylic acids is 3. The molecule has 3 heterocycles. The third-order valence-electron chi connectivity index (χ3n) is 5.41. The van der Waals surface area contributed by atoms with E-state index in [4.69, 9.17) is 14.2 Å². The zero-order chi connectivity index (χ0) is 23.1. The smallest absolute Gasteiger partial charge is 0.335 e. The van der Waals surface area contributed by atoms with Gasteiger partial charge in [-0.25, -0.2) is 9.69 Å². The maximum absolute atomic E-state index is 13.2. The molecule has 0 saturated carbocycles. The van der Waals surface area contributed by atoms with E-state index in [0.717, 1.165) is 22.0 Å². The number of fused-ring (bicyclic) bond motifs is 1. The molecule has 0 bridgehead atoms. The number of aryl methyl sites for hydroxylation is 1. The van der Waals surface area contributed by atoms with Crippen LogP contribution in [0.5, 0.6) is 17.2 Å². The summed E-state index contributed by atoms with van der Waals surface area (Å²) in [6.07, 6.45) is 3.28. The zero-order valence-electron chi connectivity index (χ0n) is 17.8. The molecule has 33 heavy (non-hydrogen) atoms. The fourth-order valence-electron chi connectivity index (χ4n) is 3.78. The van der Waals surface area contributed by atoms with E-state index in [-0.39, 0.29) is 18.1 Å². The van der Waals surface area contributed by atoms with Gasteiger partial charge in [-0.1, -0.05) is 0 Å². The van der Waals surface area contributed by atoms with Crippen molar-refractivity contribution in [2.75, 3.05) is 18.8 Å². The van der Waals surface area contributed by atoms with Crippen molar-refractivity contribution < 1.29 is 28.6 Å². The lowest BCUT2D eigenvalue weighted by Gasteiger charge is -2.26. The second kappa shape index (κ2) is 7.86. The van der Waals surface area contributed by atoms with E-state index in [1.807, 2.05) is 48.0 Å². The van der Waals surface area contributed by atoms with E-state index in [2.05, 4.69) is 5.32 Å². The number of hydrogen-bond acceptors (Lipinski definition) is 6. The first-order valence-corrected chi connectivity index (χ1v) is 10.1. The van der Waals surface area contributed by atoms with Crippen molar-refractivity contribution in [3.05, 3.63) is 71.6 Å². The van der Waals surface area contributed by atoms with Gasteiger partial charge in [0, 0.05) is 23.6 Å². The fourth-order valence-corrected chi connectivity index (χ4v) is 3.78. The van der Waals surface area contributed by atoms with Crippen molar-refractivity contribution >= 4 is 29.6 Å². The Kier molecular flexibility index (Phi) is 4.86. The topological polar surface area (TPSA) is 99.1 Å². The molecule has 9 nitrogen and oxygen atoms in total. The Bertz CT molecular complexity index is 1320. The first-order valence-electron chi connectivity index (χ1n) is 10.1. The van der Waals surface area contributed by atoms with Crippen LogP contribution in [0.1, 0.15) is 11.3 Å². The van der Waals surface area contributed by atoms with Gasteiger partial charge >= 0.3 is 6.03 Å². The molecular formula is C24H19N3O6. The maximum atomic E-state index is 13.2. The van der Waals surface area contributed by atoms with Crippen molar-refractivity contribution in [1.29, 1.82) is 0 Å². The molecule has 2 aromatic carbocycles. The number of ether oxygens (including phenoxy) is 3. The van der Waals surface area contributed by atoms with Crippen molar-refractivity contribution in [1.82, 2.24) is 9.88 Å². The summed E-state index contributed by atoms with van der Waals surface area (Å²) in [5.41, 5.74) is 2.56. The molecule has 5 rings (SSSR count). The number of hydrogen-bond donors (Lipinski definition) is 1. The number of carbonyl (C=O) groups is 3. The van der Waals surface area contributed by atoms with Crippen LogP contribution in [-0.4, -0.2) is 36.3 Å². The van der Waals surface area contributed by atoms with Gasteiger partial charge in [-0.05, 0) is 61.0 Å². The van der Waals surface area contributed by atoms with Gasteiger partial charge in [0.05, 0.1) is 12.8 Å². The van der Waals surface area contributed by atoms with Gasteiger partial charge in [-0.2, -0.15) is 0 Å². The third kappa shape index (κ3) is 3.59. The number of nitrogens with zero attached hydrogens (tertiary/aromatic N) is 2. The maximum Gasteiger partial charge on any atom is 0.335 e. The molecule has 0 radical (unpaired) electrons. The highest BCUT2D eigenvalue weighted by Crippen LogP contribution is 2.36. The number of methoxy groups -OCH3 is 1. The Morgan fingerprint density at radius 2 is 1.70 bits per heavy atom. The van der Waals surface area contributed by atoms with Gasteiger partial charge < -0.3 is 18.8 Å². The lowest BCUT2D eigenvalue weighted by atomic mass is 10.1. The monoisotopic (exact) mass is 445 g/mol. The second-order valence-electron chi connectivity index (χ2n) is 7.48. The molecule has 1 fully saturated rings. The summed E-state index contributed by atoms with van der Waals surface area (Å²) in [6, 6.07) is 13.2. The molecule has 1 N–H and O–H groups in total. The molecular weight excluding hydrogens is 426 g/mol. The molecule has 0 aliphatic carbocycles. The number of nitrogens with one attached hydrogen (secondary N) is 1. The standard InChI is InChI=1S/C24H19N3O6/c1-14-9-15(12-26(14)16-3-6-18(31-2)7-4-16)10-19-22(28)25-24(30)27(23(19)29)17-5-8-20-21(11-17)33-13-32-20/h3-12H,13H2,1-2H3,(H,25,28,30)/b19-10-. The van der Waals surface area contributed by atoms with Crippen LogP contribution in [0.2, 0.25) is 0 Å². The van der Waals surface area contributed by atoms with Crippen LogP contribution < -0.4 is 24.4 Å². The second-order valence-corrected chi connectivity index (χ2v) is 7.48. The summed E-state index contributed by atoms with van der Waals surface area (Å²) in [4.78, 5) is 39.0. The number of aromatic nitrogens is 1. The van der Waals surface area contributed by atoms with E-state index >= 15 is 0 Å². The lowest BCUT2D eigenvalue weighted by Crippen LogP contribution is -2.54. The Hall–Kier alpha value is -4.53. The molecule has 166 valence electrons. The first kappa shape index (κ1) is 20.4. The summed E-state index contributed by atoms with van der Waals surface area (Å²) >= 11 is 0. The Balaban J connectivity index is 1.48. The molecule has 2 aliphatic rings. The number of rotatable bonds is 4. The molecule has 0 unspecified atom stereocenters. The van der Waals surface area contributed by atoms with Gasteiger partial charge in [-0.15, -0.1) is 0 Å². The Morgan fingerprint density at radius 1 is 0.970 bits per heavy atom. The van der Waals surface area contributed by atoms with Gasteiger partial charge in [0.2, 0.25) is 6.79 Å². The van der Waals surface area contributed by atoms with E-state index in [1.165, 1.54) is 12.1 Å². The minimum absolute atomic E-state index is 0.0626. The number of imide groups is 2. The predicted molar refractivity (Wildman–Crippen MR) is 119 cm³/mol. The molecule has 1 aromatic heterocycles. The van der Waals surface area contributed by atoms with E-state index < -0.39 is 17.8 Å². The molecule has 4 amide bonds. The van der Waals surface area contributed by atoms with Crippen LogP contribution in [0.4, 0.5) is 10.5 Å². The van der Waals surface area contributed by atoms with Crippen LogP contribution in [-0.2, 0) is 9.59 Å². The number of urea groups is 1. The molecule has 0 spiro atoms. The highest BCUT2D eigenvalue weighted by molar-refractivity contribution is 6.39. The quantitative estimate of drug-likeness (QED) is 0.489.